The Bertz CT molecular complexity index is 547. The van der Waals surface area contributed by atoms with Crippen molar-refractivity contribution in [3.8, 4) is 5.75 Å². The molecule has 1 aromatic carbocycles. The molecule has 1 amide bonds. The monoisotopic (exact) mass is 342 g/mol. The Morgan fingerprint density at radius 3 is 2.62 bits per heavy atom. The number of halogens is 2. The molecule has 0 radical (unpaired) electrons. The minimum absolute atomic E-state index is 0.00409. The van der Waals surface area contributed by atoms with Gasteiger partial charge in [-0.1, -0.05) is 0 Å². The molecule has 0 aromatic heterocycles. The van der Waals surface area contributed by atoms with Gasteiger partial charge in [-0.25, -0.2) is 8.78 Å². The maximum atomic E-state index is 13.4. The van der Waals surface area contributed by atoms with Crippen molar-refractivity contribution in [3.63, 3.8) is 0 Å². The van der Waals surface area contributed by atoms with Crippen LogP contribution < -0.4 is 4.74 Å². The van der Waals surface area contributed by atoms with E-state index >= 15 is 0 Å². The van der Waals surface area contributed by atoms with Crippen molar-refractivity contribution in [3.05, 3.63) is 29.8 Å². The number of benzene rings is 1. The largest absolute Gasteiger partial charge is 0.491 e. The summed E-state index contributed by atoms with van der Waals surface area (Å²) in [5.41, 5.74) is 0. The highest BCUT2D eigenvalue weighted by atomic mass is 19.1. The number of aliphatic hydroxyl groups is 1. The van der Waals surface area contributed by atoms with Crippen LogP contribution in [0.4, 0.5) is 8.78 Å². The Balaban J connectivity index is 1.65. The van der Waals surface area contributed by atoms with Crippen LogP contribution in [0.1, 0.15) is 19.8 Å². The second-order valence-corrected chi connectivity index (χ2v) is 6.06. The summed E-state index contributed by atoms with van der Waals surface area (Å²) in [6.45, 7) is 5.40. The first-order valence-corrected chi connectivity index (χ1v) is 8.22. The van der Waals surface area contributed by atoms with Crippen LogP contribution in [0.5, 0.6) is 5.75 Å². The van der Waals surface area contributed by atoms with Crippen LogP contribution in [0.2, 0.25) is 0 Å². The van der Waals surface area contributed by atoms with Gasteiger partial charge in [0.05, 0.1) is 12.7 Å². The minimum Gasteiger partial charge on any atom is -0.491 e. The molecule has 0 bridgehead atoms. The quantitative estimate of drug-likeness (QED) is 0.766. The molecular formula is C17H24F2N2O3. The number of hydrogen-bond acceptors (Lipinski definition) is 4. The molecule has 1 aromatic rings. The molecule has 1 heterocycles. The van der Waals surface area contributed by atoms with Crippen molar-refractivity contribution in [2.75, 3.05) is 39.3 Å². The lowest BCUT2D eigenvalue weighted by atomic mass is 10.2. The third kappa shape index (κ3) is 5.72. The van der Waals surface area contributed by atoms with Gasteiger partial charge in [-0.15, -0.1) is 0 Å². The SMILES string of the molecule is C[C@@H](O)CN1CCN(C(=O)CCCOc2ccc(F)cc2F)CC1. The summed E-state index contributed by atoms with van der Waals surface area (Å²) in [7, 11) is 0. The van der Waals surface area contributed by atoms with Crippen molar-refractivity contribution in [1.29, 1.82) is 0 Å². The molecule has 2 rings (SSSR count). The number of ether oxygens (including phenoxy) is 1. The molecule has 24 heavy (non-hydrogen) atoms. The molecule has 0 saturated carbocycles. The smallest absolute Gasteiger partial charge is 0.222 e. The Labute approximate surface area is 140 Å². The molecule has 0 unspecified atom stereocenters. The normalized spacial score (nSPS) is 16.9. The summed E-state index contributed by atoms with van der Waals surface area (Å²) in [4.78, 5) is 16.1. The molecule has 1 atom stereocenters. The Morgan fingerprint density at radius 1 is 1.29 bits per heavy atom. The van der Waals surface area contributed by atoms with Crippen molar-refractivity contribution in [2.24, 2.45) is 0 Å². The molecule has 134 valence electrons. The Kier molecular flexibility index (Phi) is 6.93. The van der Waals surface area contributed by atoms with Gasteiger partial charge in [0.1, 0.15) is 5.82 Å². The molecule has 5 nitrogen and oxygen atoms in total. The maximum absolute atomic E-state index is 13.4. The van der Waals surface area contributed by atoms with Crippen LogP contribution in [0.3, 0.4) is 0 Å². The molecule has 7 heteroatoms. The summed E-state index contributed by atoms with van der Waals surface area (Å²) < 4.78 is 31.4. The van der Waals surface area contributed by atoms with Crippen molar-refractivity contribution < 1.29 is 23.4 Å². The number of nitrogens with zero attached hydrogens (tertiary/aromatic N) is 2. The van der Waals surface area contributed by atoms with E-state index < -0.39 is 11.6 Å². The summed E-state index contributed by atoms with van der Waals surface area (Å²) in [6, 6.07) is 3.15. The van der Waals surface area contributed by atoms with Gasteiger partial charge in [0, 0.05) is 45.2 Å². The number of carbonyl (C=O) groups is 1. The average Bonchev–Trinajstić information content (AvgIpc) is 2.53. The second kappa shape index (κ2) is 8.94. The van der Waals surface area contributed by atoms with Gasteiger partial charge >= 0.3 is 0 Å². The van der Waals surface area contributed by atoms with Crippen LogP contribution in [-0.2, 0) is 4.79 Å². The lowest BCUT2D eigenvalue weighted by Crippen LogP contribution is -2.50. The number of hydrogen-bond donors (Lipinski definition) is 1. The first kappa shape index (κ1) is 18.6. The summed E-state index contributed by atoms with van der Waals surface area (Å²) in [5.74, 6) is -1.34. The van der Waals surface area contributed by atoms with Crippen LogP contribution in [0.15, 0.2) is 18.2 Å². The van der Waals surface area contributed by atoms with Crippen molar-refractivity contribution >= 4 is 5.91 Å². The standard InChI is InChI=1S/C17H24F2N2O3/c1-13(22)12-20-6-8-21(9-7-20)17(23)3-2-10-24-16-5-4-14(18)11-15(16)19/h4-5,11,13,22H,2-3,6-10,12H2,1H3/t13-/m1/s1. The van der Waals surface area contributed by atoms with E-state index in [1.807, 2.05) is 0 Å². The molecule has 1 aliphatic heterocycles. The van der Waals surface area contributed by atoms with Crippen LogP contribution in [0, 0.1) is 11.6 Å². The van der Waals surface area contributed by atoms with Gasteiger partial charge in [0.2, 0.25) is 5.91 Å². The number of aliphatic hydroxyl groups excluding tert-OH is 1. The zero-order valence-electron chi connectivity index (χ0n) is 13.9. The first-order valence-electron chi connectivity index (χ1n) is 8.22. The first-order chi connectivity index (χ1) is 11.5. The van der Waals surface area contributed by atoms with E-state index in [0.717, 1.165) is 25.2 Å². The molecular weight excluding hydrogens is 318 g/mol. The summed E-state index contributed by atoms with van der Waals surface area (Å²) >= 11 is 0. The van der Waals surface area contributed by atoms with Crippen LogP contribution in [0.25, 0.3) is 0 Å². The van der Waals surface area contributed by atoms with Gasteiger partial charge in [-0.2, -0.15) is 0 Å². The Morgan fingerprint density at radius 2 is 2.00 bits per heavy atom. The third-order valence-electron chi connectivity index (χ3n) is 3.93. The molecule has 1 saturated heterocycles. The molecule has 0 spiro atoms. The maximum Gasteiger partial charge on any atom is 0.222 e. The van der Waals surface area contributed by atoms with Crippen LogP contribution >= 0.6 is 0 Å². The van der Waals surface area contributed by atoms with E-state index in [9.17, 15) is 18.7 Å². The van der Waals surface area contributed by atoms with Gasteiger partial charge < -0.3 is 14.7 Å². The van der Waals surface area contributed by atoms with E-state index in [4.69, 9.17) is 4.74 Å². The number of carbonyl (C=O) groups excluding carboxylic acids is 1. The third-order valence-corrected chi connectivity index (χ3v) is 3.93. The topological polar surface area (TPSA) is 53.0 Å². The highest BCUT2D eigenvalue weighted by Gasteiger charge is 2.21. The van der Waals surface area contributed by atoms with Crippen molar-refractivity contribution in [2.45, 2.75) is 25.9 Å². The average molecular weight is 342 g/mol. The van der Waals surface area contributed by atoms with E-state index in [-0.39, 0.29) is 24.4 Å². The highest BCUT2D eigenvalue weighted by molar-refractivity contribution is 5.76. The predicted molar refractivity (Wildman–Crippen MR) is 85.8 cm³/mol. The number of piperazine rings is 1. The fourth-order valence-corrected chi connectivity index (χ4v) is 2.71. The lowest BCUT2D eigenvalue weighted by molar-refractivity contribution is -0.133. The van der Waals surface area contributed by atoms with E-state index in [1.54, 1.807) is 11.8 Å². The van der Waals surface area contributed by atoms with Gasteiger partial charge in [0.25, 0.3) is 0 Å². The summed E-state index contributed by atoms with van der Waals surface area (Å²) in [6.07, 6.45) is 0.444. The Hall–Kier alpha value is -1.73. The van der Waals surface area contributed by atoms with Gasteiger partial charge in [0.15, 0.2) is 11.6 Å². The second-order valence-electron chi connectivity index (χ2n) is 6.06. The predicted octanol–water partition coefficient (Wildman–Crippen LogP) is 1.65. The van der Waals surface area contributed by atoms with Gasteiger partial charge in [-0.05, 0) is 25.5 Å². The van der Waals surface area contributed by atoms with Crippen molar-refractivity contribution in [1.82, 2.24) is 9.80 Å². The van der Waals surface area contributed by atoms with E-state index in [0.29, 0.717) is 32.5 Å². The minimum atomic E-state index is -0.740. The van der Waals surface area contributed by atoms with E-state index in [2.05, 4.69) is 4.90 Å². The zero-order valence-corrected chi connectivity index (χ0v) is 13.9. The fraction of sp³-hybridized carbons (Fsp3) is 0.588. The lowest BCUT2D eigenvalue weighted by Gasteiger charge is -2.35. The molecule has 1 N–H and O–H groups in total. The number of β-amino-alcohol motifs (C(OH)–C–C–N with tert-alkyl or cyclic N) is 1. The van der Waals surface area contributed by atoms with Gasteiger partial charge in [-0.3, -0.25) is 9.69 Å². The highest BCUT2D eigenvalue weighted by Crippen LogP contribution is 2.18. The van der Waals surface area contributed by atoms with Crippen LogP contribution in [-0.4, -0.2) is 66.2 Å². The molecule has 1 fully saturated rings. The summed E-state index contributed by atoms with van der Waals surface area (Å²) in [5, 5.41) is 9.37. The van der Waals surface area contributed by atoms with E-state index in [1.165, 1.54) is 6.07 Å². The molecule has 1 aliphatic rings. The zero-order chi connectivity index (χ0) is 17.5. The number of rotatable bonds is 7. The number of amides is 1. The fourth-order valence-electron chi connectivity index (χ4n) is 2.71. The molecule has 0 aliphatic carbocycles.